The van der Waals surface area contributed by atoms with Crippen molar-refractivity contribution < 1.29 is 4.79 Å². The van der Waals surface area contributed by atoms with Crippen LogP contribution in [0.15, 0.2) is 0 Å². The normalized spacial score (nSPS) is 16.2. The number of nitrogens with zero attached hydrogens (tertiary/aromatic N) is 1. The molecule has 1 unspecified atom stereocenters. The summed E-state index contributed by atoms with van der Waals surface area (Å²) in [5.41, 5.74) is 0. The van der Waals surface area contributed by atoms with Crippen LogP contribution in [0.2, 0.25) is 0 Å². The molecule has 1 fully saturated rings. The van der Waals surface area contributed by atoms with Gasteiger partial charge in [-0.05, 0) is 19.5 Å². The van der Waals surface area contributed by atoms with Gasteiger partial charge in [-0.3, -0.25) is 9.69 Å². The standard InChI is InChI=1S/C12H25N3O.2ClH/c1-4-11(15(5-2)6-3)12(16)14-9-10-7-13-8-10;;/h10-11,13H,4-9H2,1-3H3,(H,14,16);2*1H. The average molecular weight is 300 g/mol. The van der Waals surface area contributed by atoms with Crippen LogP contribution in [-0.4, -0.2) is 49.6 Å². The van der Waals surface area contributed by atoms with Gasteiger partial charge in [0, 0.05) is 25.6 Å². The van der Waals surface area contributed by atoms with Gasteiger partial charge in [0.05, 0.1) is 6.04 Å². The summed E-state index contributed by atoms with van der Waals surface area (Å²) in [5, 5.41) is 6.28. The fourth-order valence-electron chi connectivity index (χ4n) is 2.13. The zero-order chi connectivity index (χ0) is 12.0. The van der Waals surface area contributed by atoms with Gasteiger partial charge in [0.25, 0.3) is 0 Å². The minimum absolute atomic E-state index is 0. The molecule has 0 aliphatic carbocycles. The Balaban J connectivity index is 0. The highest BCUT2D eigenvalue weighted by Crippen LogP contribution is 2.05. The topological polar surface area (TPSA) is 44.4 Å². The Morgan fingerprint density at radius 1 is 1.28 bits per heavy atom. The van der Waals surface area contributed by atoms with Gasteiger partial charge in [-0.15, -0.1) is 24.8 Å². The first-order valence-corrected chi connectivity index (χ1v) is 6.45. The van der Waals surface area contributed by atoms with E-state index < -0.39 is 0 Å². The molecule has 110 valence electrons. The van der Waals surface area contributed by atoms with Crippen LogP contribution in [-0.2, 0) is 4.79 Å². The molecule has 18 heavy (non-hydrogen) atoms. The molecule has 0 spiro atoms. The van der Waals surface area contributed by atoms with Gasteiger partial charge in [0.2, 0.25) is 5.91 Å². The van der Waals surface area contributed by atoms with Gasteiger partial charge in [-0.25, -0.2) is 0 Å². The molecule has 1 saturated heterocycles. The van der Waals surface area contributed by atoms with Crippen molar-refractivity contribution in [3.8, 4) is 0 Å². The fraction of sp³-hybridized carbons (Fsp3) is 0.917. The summed E-state index contributed by atoms with van der Waals surface area (Å²) in [6.45, 7) is 11.1. The minimum Gasteiger partial charge on any atom is -0.354 e. The maximum absolute atomic E-state index is 12.0. The first-order chi connectivity index (χ1) is 7.72. The lowest BCUT2D eigenvalue weighted by Gasteiger charge is -2.30. The van der Waals surface area contributed by atoms with Crippen molar-refractivity contribution in [1.29, 1.82) is 0 Å². The summed E-state index contributed by atoms with van der Waals surface area (Å²) in [5.74, 6) is 0.830. The molecule has 1 heterocycles. The second-order valence-electron chi connectivity index (χ2n) is 4.41. The number of nitrogens with one attached hydrogen (secondary N) is 2. The lowest BCUT2D eigenvalue weighted by molar-refractivity contribution is -0.126. The van der Waals surface area contributed by atoms with E-state index in [0.717, 1.165) is 39.1 Å². The second kappa shape index (κ2) is 10.9. The van der Waals surface area contributed by atoms with E-state index in [2.05, 4.69) is 36.3 Å². The zero-order valence-electron chi connectivity index (χ0n) is 11.6. The summed E-state index contributed by atoms with van der Waals surface area (Å²) in [6.07, 6.45) is 0.885. The van der Waals surface area contributed by atoms with E-state index in [-0.39, 0.29) is 36.8 Å². The summed E-state index contributed by atoms with van der Waals surface area (Å²) < 4.78 is 0. The summed E-state index contributed by atoms with van der Waals surface area (Å²) in [6, 6.07) is 0.0445. The molecule has 0 aromatic heterocycles. The molecule has 6 heteroatoms. The number of carbonyl (C=O) groups is 1. The Hall–Kier alpha value is -0.0300. The Morgan fingerprint density at radius 2 is 1.83 bits per heavy atom. The predicted molar refractivity (Wildman–Crippen MR) is 80.9 cm³/mol. The molecule has 0 aromatic rings. The van der Waals surface area contributed by atoms with E-state index in [1.807, 2.05) is 0 Å². The Kier molecular flexibility index (Phi) is 12.2. The minimum atomic E-state index is 0. The van der Waals surface area contributed by atoms with Gasteiger partial charge in [-0.2, -0.15) is 0 Å². The van der Waals surface area contributed by atoms with Crippen molar-refractivity contribution in [3.63, 3.8) is 0 Å². The van der Waals surface area contributed by atoms with Gasteiger partial charge < -0.3 is 10.6 Å². The largest absolute Gasteiger partial charge is 0.354 e. The first-order valence-electron chi connectivity index (χ1n) is 6.45. The first kappa shape index (κ1) is 20.3. The lowest BCUT2D eigenvalue weighted by atomic mass is 10.0. The van der Waals surface area contributed by atoms with Crippen LogP contribution in [0.1, 0.15) is 27.2 Å². The smallest absolute Gasteiger partial charge is 0.237 e. The number of halogens is 2. The number of rotatable bonds is 7. The third-order valence-corrected chi connectivity index (χ3v) is 3.37. The average Bonchev–Trinajstić information content (AvgIpc) is 2.23. The van der Waals surface area contributed by atoms with E-state index in [9.17, 15) is 4.79 Å². The van der Waals surface area contributed by atoms with Crippen molar-refractivity contribution in [3.05, 3.63) is 0 Å². The van der Waals surface area contributed by atoms with E-state index >= 15 is 0 Å². The highest BCUT2D eigenvalue weighted by molar-refractivity contribution is 5.85. The summed E-state index contributed by atoms with van der Waals surface area (Å²) >= 11 is 0. The second-order valence-corrected chi connectivity index (χ2v) is 4.41. The fourth-order valence-corrected chi connectivity index (χ4v) is 2.13. The monoisotopic (exact) mass is 299 g/mol. The zero-order valence-corrected chi connectivity index (χ0v) is 13.2. The van der Waals surface area contributed by atoms with E-state index in [1.54, 1.807) is 0 Å². The SMILES string of the molecule is CCC(C(=O)NCC1CNC1)N(CC)CC.Cl.Cl. The summed E-state index contributed by atoms with van der Waals surface area (Å²) in [4.78, 5) is 14.2. The van der Waals surface area contributed by atoms with Gasteiger partial charge in [0.1, 0.15) is 0 Å². The number of likely N-dealkylation sites (N-methyl/N-ethyl adjacent to an activating group) is 1. The molecule has 2 N–H and O–H groups in total. The maximum atomic E-state index is 12.0. The van der Waals surface area contributed by atoms with Gasteiger partial charge >= 0.3 is 0 Å². The Labute approximate surface area is 123 Å². The molecule has 0 saturated carbocycles. The Morgan fingerprint density at radius 3 is 2.17 bits per heavy atom. The van der Waals surface area contributed by atoms with Crippen molar-refractivity contribution in [2.24, 2.45) is 5.92 Å². The number of amides is 1. The number of hydrogen-bond acceptors (Lipinski definition) is 3. The third-order valence-electron chi connectivity index (χ3n) is 3.37. The predicted octanol–water partition coefficient (Wildman–Crippen LogP) is 1.29. The van der Waals surface area contributed by atoms with Crippen LogP contribution in [0, 0.1) is 5.92 Å². The van der Waals surface area contributed by atoms with Gasteiger partial charge in [-0.1, -0.05) is 20.8 Å². The lowest BCUT2D eigenvalue weighted by Crippen LogP contribution is -2.52. The molecule has 0 aromatic carbocycles. The van der Waals surface area contributed by atoms with E-state index in [4.69, 9.17) is 0 Å². The quantitative estimate of drug-likeness (QED) is 0.744. The number of carbonyl (C=O) groups excluding carboxylic acids is 1. The molecule has 0 radical (unpaired) electrons. The van der Waals surface area contributed by atoms with Crippen molar-refractivity contribution in [2.75, 3.05) is 32.7 Å². The Bertz CT molecular complexity index is 221. The highest BCUT2D eigenvalue weighted by Gasteiger charge is 2.23. The molecule has 1 aliphatic rings. The number of hydrogen-bond donors (Lipinski definition) is 2. The van der Waals surface area contributed by atoms with Crippen LogP contribution in [0.25, 0.3) is 0 Å². The van der Waals surface area contributed by atoms with E-state index in [1.165, 1.54) is 0 Å². The maximum Gasteiger partial charge on any atom is 0.237 e. The van der Waals surface area contributed by atoms with Gasteiger partial charge in [0.15, 0.2) is 0 Å². The van der Waals surface area contributed by atoms with Crippen LogP contribution in [0.3, 0.4) is 0 Å². The molecule has 1 aliphatic heterocycles. The molecule has 1 atom stereocenters. The van der Waals surface area contributed by atoms with Crippen LogP contribution in [0.5, 0.6) is 0 Å². The van der Waals surface area contributed by atoms with E-state index in [0.29, 0.717) is 5.92 Å². The highest BCUT2D eigenvalue weighted by atomic mass is 35.5. The van der Waals surface area contributed by atoms with Crippen molar-refractivity contribution >= 4 is 30.7 Å². The molecule has 0 bridgehead atoms. The van der Waals surface area contributed by atoms with Crippen LogP contribution < -0.4 is 10.6 Å². The third kappa shape index (κ3) is 5.74. The summed E-state index contributed by atoms with van der Waals surface area (Å²) in [7, 11) is 0. The van der Waals surface area contributed by atoms with Crippen molar-refractivity contribution in [2.45, 2.75) is 33.2 Å². The molecular weight excluding hydrogens is 273 g/mol. The van der Waals surface area contributed by atoms with Crippen LogP contribution >= 0.6 is 24.8 Å². The van der Waals surface area contributed by atoms with Crippen molar-refractivity contribution in [1.82, 2.24) is 15.5 Å². The molecule has 4 nitrogen and oxygen atoms in total. The molecule has 1 amide bonds. The van der Waals surface area contributed by atoms with Crippen LogP contribution in [0.4, 0.5) is 0 Å². The molecule has 1 rings (SSSR count). The molecular formula is C12H27Cl2N3O.